The van der Waals surface area contributed by atoms with Crippen molar-refractivity contribution in [2.75, 3.05) is 20.6 Å². The number of guanidine groups is 1. The Hall–Kier alpha value is -3.29. The van der Waals surface area contributed by atoms with Gasteiger partial charge in [0.1, 0.15) is 0 Å². The van der Waals surface area contributed by atoms with E-state index in [-0.39, 0.29) is 5.91 Å². The zero-order valence-corrected chi connectivity index (χ0v) is 15.0. The molecule has 0 radical (unpaired) electrons. The highest BCUT2D eigenvalue weighted by molar-refractivity contribution is 6.22. The van der Waals surface area contributed by atoms with Crippen molar-refractivity contribution in [3.63, 3.8) is 0 Å². The molecule has 0 saturated carbocycles. The fraction of sp³-hybridized carbons (Fsp3) is 0.278. The molecule has 1 aromatic carbocycles. The van der Waals surface area contributed by atoms with Crippen LogP contribution in [0.4, 0.5) is 4.79 Å². The molecule has 1 atom stereocenters. The maximum absolute atomic E-state index is 12.6. The molecule has 1 N–H and O–H groups in total. The number of carbonyl (C=O) groups excluding carboxylic acids is 2. The minimum Gasteiger partial charge on any atom is -0.270 e. The van der Waals surface area contributed by atoms with Gasteiger partial charge >= 0.3 is 12.0 Å². The molecule has 2 heterocycles. The average molecular weight is 353 g/mol. The number of aryl methyl sites for hydroxylation is 1. The van der Waals surface area contributed by atoms with Gasteiger partial charge in [-0.2, -0.15) is 5.43 Å². The first-order valence-electron chi connectivity index (χ1n) is 8.18. The molecular formula is C18H21N6O2+. The monoisotopic (exact) mass is 353 g/mol. The number of benzene rings is 1. The van der Waals surface area contributed by atoms with Crippen LogP contribution in [0, 0.1) is 6.92 Å². The molecule has 134 valence electrons. The lowest BCUT2D eigenvalue weighted by Gasteiger charge is -2.31. The molecule has 1 saturated heterocycles. The van der Waals surface area contributed by atoms with Crippen LogP contribution in [-0.4, -0.2) is 71.0 Å². The van der Waals surface area contributed by atoms with Crippen LogP contribution < -0.4 is 5.43 Å². The minimum absolute atomic E-state index is 0.326. The zero-order valence-electron chi connectivity index (χ0n) is 15.0. The van der Waals surface area contributed by atoms with E-state index in [1.165, 1.54) is 17.5 Å². The van der Waals surface area contributed by atoms with Gasteiger partial charge in [-0.25, -0.2) is 9.37 Å². The first kappa shape index (κ1) is 17.5. The van der Waals surface area contributed by atoms with Gasteiger partial charge in [0.15, 0.2) is 0 Å². The fourth-order valence-electron chi connectivity index (χ4n) is 2.84. The standard InChI is InChI=1S/C18H20N6O2/c1-5-10-24-14-15(22(3)18(26)23(4)16(14)25)20-17(24)21-19-11-13-8-6-12(2)7-9-13/h5-9,11,14H,1,10H2,2-4H3/p+1/b19-11+. The van der Waals surface area contributed by atoms with Gasteiger partial charge in [-0.05, 0) is 12.5 Å². The summed E-state index contributed by atoms with van der Waals surface area (Å²) in [6, 6.07) is 6.83. The second kappa shape index (κ2) is 6.91. The fourth-order valence-corrected chi connectivity index (χ4v) is 2.84. The largest absolute Gasteiger partial charge is 0.414 e. The van der Waals surface area contributed by atoms with Crippen molar-refractivity contribution in [2.24, 2.45) is 10.1 Å². The van der Waals surface area contributed by atoms with E-state index < -0.39 is 12.1 Å². The zero-order chi connectivity index (χ0) is 18.8. The molecular weight excluding hydrogens is 332 g/mol. The Morgan fingerprint density at radius 2 is 1.96 bits per heavy atom. The van der Waals surface area contributed by atoms with Crippen molar-refractivity contribution in [1.29, 1.82) is 0 Å². The summed E-state index contributed by atoms with van der Waals surface area (Å²) in [6.07, 6.45) is 3.34. The predicted octanol–water partition coefficient (Wildman–Crippen LogP) is 0.778. The number of fused-ring (bicyclic) bond motifs is 1. The summed E-state index contributed by atoms with van der Waals surface area (Å²) in [4.78, 5) is 31.6. The van der Waals surface area contributed by atoms with Crippen LogP contribution in [0.3, 0.4) is 0 Å². The number of hydrazone groups is 1. The Morgan fingerprint density at radius 3 is 2.62 bits per heavy atom. The number of carbonyl (C=O) groups is 2. The smallest absolute Gasteiger partial charge is 0.270 e. The van der Waals surface area contributed by atoms with Crippen LogP contribution in [0.15, 0.2) is 47.0 Å². The summed E-state index contributed by atoms with van der Waals surface area (Å²) in [5.74, 6) is 0.456. The Bertz CT molecular complexity index is 853. The van der Waals surface area contributed by atoms with Crippen molar-refractivity contribution in [1.82, 2.24) is 15.2 Å². The van der Waals surface area contributed by atoms with Gasteiger partial charge in [0.25, 0.3) is 5.91 Å². The number of amidine groups is 1. The second-order valence-corrected chi connectivity index (χ2v) is 6.16. The van der Waals surface area contributed by atoms with Crippen LogP contribution in [0.25, 0.3) is 0 Å². The van der Waals surface area contributed by atoms with Gasteiger partial charge in [-0.15, -0.1) is 5.10 Å². The van der Waals surface area contributed by atoms with Crippen LogP contribution >= 0.6 is 0 Å². The van der Waals surface area contributed by atoms with Gasteiger partial charge < -0.3 is 0 Å². The molecule has 8 heteroatoms. The molecule has 3 amide bonds. The molecule has 8 nitrogen and oxygen atoms in total. The number of aliphatic imine (C=N–C) groups is 1. The number of likely N-dealkylation sites (N-methyl/N-ethyl adjacent to an activating group) is 2. The Kier molecular flexibility index (Phi) is 4.66. The summed E-state index contributed by atoms with van der Waals surface area (Å²) in [6.45, 7) is 6.14. The van der Waals surface area contributed by atoms with Crippen molar-refractivity contribution >= 4 is 29.9 Å². The first-order chi connectivity index (χ1) is 12.4. The summed E-state index contributed by atoms with van der Waals surface area (Å²) in [5.41, 5.74) is 4.98. The molecule has 26 heavy (non-hydrogen) atoms. The molecule has 2 aliphatic heterocycles. The quantitative estimate of drug-likeness (QED) is 0.376. The molecule has 1 aromatic rings. The molecule has 3 rings (SSSR count). The topological polar surface area (TPSA) is 80.4 Å². The van der Waals surface area contributed by atoms with Gasteiger partial charge in [0.2, 0.25) is 11.9 Å². The number of nitrogens with zero attached hydrogens (tertiary/aromatic N) is 5. The Morgan fingerprint density at radius 1 is 1.27 bits per heavy atom. The number of hydrogen-bond acceptors (Lipinski definition) is 5. The summed E-state index contributed by atoms with van der Waals surface area (Å²) >= 11 is 0. The van der Waals surface area contributed by atoms with E-state index in [1.807, 2.05) is 31.2 Å². The van der Waals surface area contributed by atoms with Crippen molar-refractivity contribution in [3.8, 4) is 0 Å². The van der Waals surface area contributed by atoms with E-state index in [1.54, 1.807) is 23.9 Å². The lowest BCUT2D eigenvalue weighted by molar-refractivity contribution is -0.527. The molecule has 2 aliphatic rings. The number of rotatable bonds is 4. The second-order valence-electron chi connectivity index (χ2n) is 6.16. The Balaban J connectivity index is 1.87. The maximum atomic E-state index is 12.6. The normalized spacial score (nSPS) is 20.0. The Labute approximate surface area is 151 Å². The number of urea groups is 1. The highest BCUT2D eigenvalue weighted by Crippen LogP contribution is 2.18. The van der Waals surface area contributed by atoms with E-state index in [4.69, 9.17) is 0 Å². The van der Waals surface area contributed by atoms with Crippen molar-refractivity contribution in [3.05, 3.63) is 48.0 Å². The lowest BCUT2D eigenvalue weighted by Crippen LogP contribution is -2.61. The van der Waals surface area contributed by atoms with E-state index in [0.717, 1.165) is 10.5 Å². The first-order valence-corrected chi connectivity index (χ1v) is 8.18. The van der Waals surface area contributed by atoms with Crippen molar-refractivity contribution in [2.45, 2.75) is 13.0 Å². The summed E-state index contributed by atoms with van der Waals surface area (Å²) < 4.78 is 1.73. The third kappa shape index (κ3) is 3.01. The molecule has 0 spiro atoms. The van der Waals surface area contributed by atoms with E-state index >= 15 is 0 Å². The average Bonchev–Trinajstić information content (AvgIpc) is 2.99. The van der Waals surface area contributed by atoms with Gasteiger partial charge in [-0.1, -0.05) is 47.5 Å². The SMILES string of the molecule is C=CC[N+]1=C(N/N=C/c2ccc(C)cc2)N=C2C1C(=O)N(C)C(=O)N2C. The number of hydrogen-bond donors (Lipinski definition) is 1. The number of nitrogens with one attached hydrogen (secondary N) is 1. The van der Waals surface area contributed by atoms with Crippen LogP contribution in [0.1, 0.15) is 11.1 Å². The van der Waals surface area contributed by atoms with Crippen LogP contribution in [-0.2, 0) is 4.79 Å². The number of imide groups is 1. The molecule has 1 fully saturated rings. The minimum atomic E-state index is -0.669. The maximum Gasteiger partial charge on any atom is 0.414 e. The van der Waals surface area contributed by atoms with Gasteiger partial charge in [-0.3, -0.25) is 14.6 Å². The van der Waals surface area contributed by atoms with Crippen LogP contribution in [0.5, 0.6) is 0 Å². The molecule has 0 aliphatic carbocycles. The molecule has 0 bridgehead atoms. The summed E-state index contributed by atoms with van der Waals surface area (Å²) in [7, 11) is 3.06. The van der Waals surface area contributed by atoms with E-state index in [2.05, 4.69) is 22.1 Å². The summed E-state index contributed by atoms with van der Waals surface area (Å²) in [5, 5.41) is 4.21. The molecule has 1 unspecified atom stereocenters. The third-order valence-corrected chi connectivity index (χ3v) is 4.31. The lowest BCUT2D eigenvalue weighted by atomic mass is 10.1. The van der Waals surface area contributed by atoms with Crippen LogP contribution in [0.2, 0.25) is 0 Å². The van der Waals surface area contributed by atoms with Crippen molar-refractivity contribution < 1.29 is 14.2 Å². The predicted molar refractivity (Wildman–Crippen MR) is 99.4 cm³/mol. The van der Waals surface area contributed by atoms with E-state index in [0.29, 0.717) is 18.3 Å². The van der Waals surface area contributed by atoms with E-state index in [9.17, 15) is 9.59 Å². The third-order valence-electron chi connectivity index (χ3n) is 4.31. The number of amides is 3. The molecule has 0 aromatic heterocycles. The van der Waals surface area contributed by atoms with Gasteiger partial charge in [0, 0.05) is 14.1 Å². The highest BCUT2D eigenvalue weighted by atomic mass is 16.2. The highest BCUT2D eigenvalue weighted by Gasteiger charge is 2.51. The van der Waals surface area contributed by atoms with Gasteiger partial charge in [0.05, 0.1) is 12.8 Å².